The Hall–Kier alpha value is -1.52. The van der Waals surface area contributed by atoms with Crippen LogP contribution in [-0.2, 0) is 9.53 Å². The fourth-order valence-electron chi connectivity index (χ4n) is 2.30. The van der Waals surface area contributed by atoms with E-state index >= 15 is 0 Å². The van der Waals surface area contributed by atoms with Crippen LogP contribution < -0.4 is 10.6 Å². The summed E-state index contributed by atoms with van der Waals surface area (Å²) in [6.45, 7) is 5.12. The first-order chi connectivity index (χ1) is 10.1. The molecular weight excluding hydrogens is 266 g/mol. The number of nitrogens with zero attached hydrogens (tertiary/aromatic N) is 1. The zero-order valence-electron chi connectivity index (χ0n) is 13.6. The van der Waals surface area contributed by atoms with Crippen molar-refractivity contribution in [1.82, 2.24) is 10.6 Å². The molecule has 21 heavy (non-hydrogen) atoms. The summed E-state index contributed by atoms with van der Waals surface area (Å²) in [5.41, 5.74) is 1.55. The van der Waals surface area contributed by atoms with Gasteiger partial charge in [0.2, 0.25) is 0 Å². The lowest BCUT2D eigenvalue weighted by molar-refractivity contribution is -0.147. The first kappa shape index (κ1) is 17.5. The largest absolute Gasteiger partial charge is 0.463 e. The molecule has 5 nitrogen and oxygen atoms in total. The van der Waals surface area contributed by atoms with Gasteiger partial charge in [-0.3, -0.25) is 9.79 Å². The molecule has 0 aromatic heterocycles. The molecule has 0 aromatic rings. The standard InChI is InChI=1S/C16H29N3O2/c1-13(2)21-15(20)10-12-19-16(17-3)18-11-9-14-7-5-4-6-8-14/h7,13H,4-6,8-12H2,1-3H3,(H2,17,18,19). The molecule has 0 aliphatic heterocycles. The van der Waals surface area contributed by atoms with Gasteiger partial charge >= 0.3 is 5.97 Å². The minimum atomic E-state index is -0.180. The van der Waals surface area contributed by atoms with Gasteiger partial charge in [-0.2, -0.15) is 0 Å². The highest BCUT2D eigenvalue weighted by Crippen LogP contribution is 2.19. The predicted molar refractivity (Wildman–Crippen MR) is 86.4 cm³/mol. The molecule has 0 amide bonds. The van der Waals surface area contributed by atoms with Gasteiger partial charge in [-0.25, -0.2) is 0 Å². The fraction of sp³-hybridized carbons (Fsp3) is 0.750. The Bertz CT molecular complexity index is 376. The Balaban J connectivity index is 2.14. The van der Waals surface area contributed by atoms with Gasteiger partial charge in [-0.15, -0.1) is 0 Å². The van der Waals surface area contributed by atoms with E-state index in [0.717, 1.165) is 18.9 Å². The Labute approximate surface area is 128 Å². The summed E-state index contributed by atoms with van der Waals surface area (Å²) in [7, 11) is 1.74. The molecule has 1 rings (SSSR count). The van der Waals surface area contributed by atoms with Crippen molar-refractivity contribution in [3.8, 4) is 0 Å². The Morgan fingerprint density at radius 1 is 1.33 bits per heavy atom. The highest BCUT2D eigenvalue weighted by molar-refractivity contribution is 5.80. The number of aliphatic imine (C=N–C) groups is 1. The van der Waals surface area contributed by atoms with Crippen molar-refractivity contribution in [1.29, 1.82) is 0 Å². The topological polar surface area (TPSA) is 62.7 Å². The maximum absolute atomic E-state index is 11.4. The van der Waals surface area contributed by atoms with E-state index in [1.54, 1.807) is 12.6 Å². The van der Waals surface area contributed by atoms with Crippen LogP contribution in [0.5, 0.6) is 0 Å². The van der Waals surface area contributed by atoms with E-state index in [9.17, 15) is 4.79 Å². The van der Waals surface area contributed by atoms with Crippen LogP contribution in [0.1, 0.15) is 52.4 Å². The molecular formula is C16H29N3O2. The molecule has 0 spiro atoms. The van der Waals surface area contributed by atoms with E-state index in [1.165, 1.54) is 25.7 Å². The SMILES string of the molecule is CN=C(NCCC(=O)OC(C)C)NCCC1=CCCCC1. The van der Waals surface area contributed by atoms with E-state index in [-0.39, 0.29) is 12.1 Å². The zero-order chi connectivity index (χ0) is 15.5. The molecule has 0 bridgehead atoms. The third-order valence-electron chi connectivity index (χ3n) is 3.34. The third-order valence-corrected chi connectivity index (χ3v) is 3.34. The molecule has 5 heteroatoms. The Kier molecular flexibility index (Phi) is 8.55. The second-order valence-electron chi connectivity index (χ2n) is 5.57. The van der Waals surface area contributed by atoms with Crippen molar-refractivity contribution in [3.05, 3.63) is 11.6 Å². The Morgan fingerprint density at radius 3 is 2.71 bits per heavy atom. The summed E-state index contributed by atoms with van der Waals surface area (Å²) in [4.78, 5) is 15.6. The number of allylic oxidation sites excluding steroid dienone is 1. The van der Waals surface area contributed by atoms with Crippen molar-refractivity contribution in [2.24, 2.45) is 4.99 Å². The second kappa shape index (κ2) is 10.2. The summed E-state index contributed by atoms with van der Waals surface area (Å²) in [6.07, 6.45) is 8.82. The monoisotopic (exact) mass is 295 g/mol. The van der Waals surface area contributed by atoms with Crippen LogP contribution in [0.4, 0.5) is 0 Å². The van der Waals surface area contributed by atoms with Crippen molar-refractivity contribution in [2.45, 2.75) is 58.5 Å². The van der Waals surface area contributed by atoms with Gasteiger partial charge in [-0.1, -0.05) is 11.6 Å². The summed E-state index contributed by atoms with van der Waals surface area (Å²) in [5, 5.41) is 6.41. The number of rotatable bonds is 7. The quantitative estimate of drug-likeness (QED) is 0.328. The molecule has 0 unspecified atom stereocenters. The zero-order valence-corrected chi connectivity index (χ0v) is 13.6. The molecule has 0 fully saturated rings. The van der Waals surface area contributed by atoms with Crippen LogP contribution in [0.3, 0.4) is 0 Å². The lowest BCUT2D eigenvalue weighted by Crippen LogP contribution is -2.39. The number of nitrogens with one attached hydrogen (secondary N) is 2. The predicted octanol–water partition coefficient (Wildman–Crippen LogP) is 2.38. The smallest absolute Gasteiger partial charge is 0.307 e. The number of esters is 1. The molecule has 0 aromatic carbocycles. The second-order valence-corrected chi connectivity index (χ2v) is 5.57. The normalized spacial score (nSPS) is 15.6. The average Bonchev–Trinajstić information content (AvgIpc) is 2.46. The molecule has 0 heterocycles. The third kappa shape index (κ3) is 8.38. The fourth-order valence-corrected chi connectivity index (χ4v) is 2.30. The van der Waals surface area contributed by atoms with E-state index in [4.69, 9.17) is 4.74 Å². The number of hydrogen-bond donors (Lipinski definition) is 2. The molecule has 0 radical (unpaired) electrons. The maximum atomic E-state index is 11.4. The summed E-state index contributed by atoms with van der Waals surface area (Å²) in [5.74, 6) is 0.559. The van der Waals surface area contributed by atoms with Crippen LogP contribution in [0.15, 0.2) is 16.6 Å². The highest BCUT2D eigenvalue weighted by Gasteiger charge is 2.06. The summed E-state index contributed by atoms with van der Waals surface area (Å²) < 4.78 is 5.08. The number of carbonyl (C=O) groups excluding carboxylic acids is 1. The first-order valence-corrected chi connectivity index (χ1v) is 7.93. The first-order valence-electron chi connectivity index (χ1n) is 7.93. The molecule has 0 saturated heterocycles. The van der Waals surface area contributed by atoms with Gasteiger partial charge in [0.25, 0.3) is 0 Å². The van der Waals surface area contributed by atoms with Crippen molar-refractivity contribution in [3.63, 3.8) is 0 Å². The molecule has 0 atom stereocenters. The van der Waals surface area contributed by atoms with Crippen molar-refractivity contribution in [2.75, 3.05) is 20.1 Å². The lowest BCUT2D eigenvalue weighted by Gasteiger charge is -2.15. The van der Waals surface area contributed by atoms with Crippen molar-refractivity contribution < 1.29 is 9.53 Å². The molecule has 0 saturated carbocycles. The van der Waals surface area contributed by atoms with Gasteiger partial charge in [0, 0.05) is 20.1 Å². The van der Waals surface area contributed by atoms with Crippen LogP contribution in [-0.4, -0.2) is 38.2 Å². The van der Waals surface area contributed by atoms with E-state index < -0.39 is 0 Å². The summed E-state index contributed by atoms with van der Waals surface area (Å²) >= 11 is 0. The van der Waals surface area contributed by atoms with E-state index in [1.807, 2.05) is 13.8 Å². The lowest BCUT2D eigenvalue weighted by atomic mass is 9.97. The minimum absolute atomic E-state index is 0.0568. The number of carbonyl (C=O) groups is 1. The van der Waals surface area contributed by atoms with Crippen LogP contribution >= 0.6 is 0 Å². The maximum Gasteiger partial charge on any atom is 0.307 e. The highest BCUT2D eigenvalue weighted by atomic mass is 16.5. The van der Waals surface area contributed by atoms with Crippen LogP contribution in [0.25, 0.3) is 0 Å². The van der Waals surface area contributed by atoms with E-state index in [2.05, 4.69) is 21.7 Å². The average molecular weight is 295 g/mol. The van der Waals surface area contributed by atoms with Gasteiger partial charge in [-0.05, 0) is 46.0 Å². The van der Waals surface area contributed by atoms with Gasteiger partial charge < -0.3 is 15.4 Å². The van der Waals surface area contributed by atoms with Crippen LogP contribution in [0.2, 0.25) is 0 Å². The van der Waals surface area contributed by atoms with Gasteiger partial charge in [0.1, 0.15) is 0 Å². The van der Waals surface area contributed by atoms with Gasteiger partial charge in [0.05, 0.1) is 12.5 Å². The summed E-state index contributed by atoms with van der Waals surface area (Å²) in [6, 6.07) is 0. The number of hydrogen-bond acceptors (Lipinski definition) is 3. The molecule has 120 valence electrons. The van der Waals surface area contributed by atoms with E-state index in [0.29, 0.717) is 13.0 Å². The molecule has 1 aliphatic carbocycles. The Morgan fingerprint density at radius 2 is 2.10 bits per heavy atom. The number of ether oxygens (including phenoxy) is 1. The minimum Gasteiger partial charge on any atom is -0.463 e. The molecule has 2 N–H and O–H groups in total. The molecule has 1 aliphatic rings. The van der Waals surface area contributed by atoms with Crippen LogP contribution in [0, 0.1) is 0 Å². The number of guanidine groups is 1. The van der Waals surface area contributed by atoms with Crippen molar-refractivity contribution >= 4 is 11.9 Å². The van der Waals surface area contributed by atoms with Gasteiger partial charge in [0.15, 0.2) is 5.96 Å².